The lowest BCUT2D eigenvalue weighted by atomic mass is 10.1. The van der Waals surface area contributed by atoms with E-state index in [9.17, 15) is 14.7 Å². The summed E-state index contributed by atoms with van der Waals surface area (Å²) in [5.74, 6) is -0.165. The predicted molar refractivity (Wildman–Crippen MR) is 80.3 cm³/mol. The number of H-pyrrole nitrogens is 1. The largest absolute Gasteiger partial charge is 0.494 e. The third-order valence-corrected chi connectivity index (χ3v) is 3.58. The number of nitrogens with one attached hydrogen (secondary N) is 1. The minimum atomic E-state index is -0.515. The van der Waals surface area contributed by atoms with Gasteiger partial charge >= 0.3 is 0 Å². The van der Waals surface area contributed by atoms with E-state index in [0.29, 0.717) is 19.0 Å². The molecule has 2 N–H and O–H groups in total. The molecule has 8 heteroatoms. The predicted octanol–water partition coefficient (Wildman–Crippen LogP) is 0.554. The fourth-order valence-corrected chi connectivity index (χ4v) is 2.57. The lowest BCUT2D eigenvalue weighted by Crippen LogP contribution is -2.44. The molecule has 1 aliphatic heterocycles. The highest BCUT2D eigenvalue weighted by molar-refractivity contribution is 5.94. The number of likely N-dealkylation sites (tertiary alicyclic amines) is 1. The van der Waals surface area contributed by atoms with Crippen molar-refractivity contribution in [2.45, 2.75) is 18.9 Å². The summed E-state index contributed by atoms with van der Waals surface area (Å²) in [4.78, 5) is 35.5. The van der Waals surface area contributed by atoms with Crippen LogP contribution in [0.25, 0.3) is 0 Å². The summed E-state index contributed by atoms with van der Waals surface area (Å²) in [7, 11) is 0. The molecule has 1 atom stereocenters. The smallest absolute Gasteiger partial charge is 0.254 e. The fourth-order valence-electron chi connectivity index (χ4n) is 2.57. The molecule has 1 fully saturated rings. The van der Waals surface area contributed by atoms with Gasteiger partial charge in [0, 0.05) is 30.9 Å². The summed E-state index contributed by atoms with van der Waals surface area (Å²) in [6.45, 7) is 0.979. The standard InChI is InChI=1S/C15H16N4O4/c20-12-6-10(7-13(21)18-12)15(22)19-5-1-2-11(8-19)23-14-3-4-16-9-17-14/h3-4,6-7,9,11H,1-2,5,8H2,(H2,18,20,21). The van der Waals surface area contributed by atoms with Crippen LogP contribution in [-0.2, 0) is 0 Å². The van der Waals surface area contributed by atoms with Gasteiger partial charge < -0.3 is 14.7 Å². The van der Waals surface area contributed by atoms with Crippen LogP contribution in [0, 0.1) is 0 Å². The van der Waals surface area contributed by atoms with Gasteiger partial charge in [-0.3, -0.25) is 14.6 Å². The van der Waals surface area contributed by atoms with Crippen molar-refractivity contribution in [2.24, 2.45) is 0 Å². The van der Waals surface area contributed by atoms with Gasteiger partial charge in [-0.05, 0) is 12.8 Å². The van der Waals surface area contributed by atoms with Crippen LogP contribution in [0.5, 0.6) is 11.8 Å². The number of pyridine rings is 1. The number of carbonyl (C=O) groups is 1. The van der Waals surface area contributed by atoms with Crippen LogP contribution < -0.4 is 10.3 Å². The highest BCUT2D eigenvalue weighted by Crippen LogP contribution is 2.18. The molecule has 1 amide bonds. The number of hydrogen-bond acceptors (Lipinski definition) is 6. The first-order valence-electron chi connectivity index (χ1n) is 7.27. The van der Waals surface area contributed by atoms with E-state index < -0.39 is 5.56 Å². The van der Waals surface area contributed by atoms with Crippen LogP contribution >= 0.6 is 0 Å². The highest BCUT2D eigenvalue weighted by atomic mass is 16.5. The molecule has 1 unspecified atom stereocenters. The molecule has 2 aromatic rings. The van der Waals surface area contributed by atoms with Crippen molar-refractivity contribution in [1.29, 1.82) is 0 Å². The van der Waals surface area contributed by atoms with Crippen molar-refractivity contribution in [3.8, 4) is 11.8 Å². The molecule has 3 rings (SSSR count). The molecule has 8 nitrogen and oxygen atoms in total. The molecule has 0 radical (unpaired) electrons. The van der Waals surface area contributed by atoms with Crippen LogP contribution in [0.1, 0.15) is 23.2 Å². The summed E-state index contributed by atoms with van der Waals surface area (Å²) in [5.41, 5.74) is -0.354. The molecule has 0 bridgehead atoms. The first-order valence-corrected chi connectivity index (χ1v) is 7.27. The second kappa shape index (κ2) is 6.47. The Hall–Kier alpha value is -2.90. The molecule has 1 saturated heterocycles. The third-order valence-electron chi connectivity index (χ3n) is 3.58. The molecule has 3 heterocycles. The number of nitrogens with zero attached hydrogens (tertiary/aromatic N) is 3. The number of ether oxygens (including phenoxy) is 1. The van der Waals surface area contributed by atoms with Crippen molar-refractivity contribution < 1.29 is 14.6 Å². The second-order valence-corrected chi connectivity index (χ2v) is 5.30. The first-order chi connectivity index (χ1) is 11.1. The monoisotopic (exact) mass is 316 g/mol. The van der Waals surface area contributed by atoms with Crippen molar-refractivity contribution in [3.63, 3.8) is 0 Å². The summed E-state index contributed by atoms with van der Waals surface area (Å²) in [5, 5.41) is 9.42. The van der Waals surface area contributed by atoms with E-state index in [1.807, 2.05) is 0 Å². The maximum Gasteiger partial charge on any atom is 0.254 e. The minimum absolute atomic E-state index is 0.161. The van der Waals surface area contributed by atoms with E-state index >= 15 is 0 Å². The Morgan fingerprint density at radius 2 is 2.30 bits per heavy atom. The van der Waals surface area contributed by atoms with Crippen molar-refractivity contribution in [1.82, 2.24) is 19.9 Å². The van der Waals surface area contributed by atoms with Gasteiger partial charge in [-0.1, -0.05) is 0 Å². The molecule has 0 aliphatic carbocycles. The van der Waals surface area contributed by atoms with E-state index in [-0.39, 0.29) is 23.5 Å². The van der Waals surface area contributed by atoms with Gasteiger partial charge in [0.15, 0.2) is 5.88 Å². The molecule has 120 valence electrons. The fraction of sp³-hybridized carbons (Fsp3) is 0.333. The van der Waals surface area contributed by atoms with Crippen LogP contribution in [0.15, 0.2) is 35.5 Å². The maximum absolute atomic E-state index is 12.5. The van der Waals surface area contributed by atoms with E-state index in [2.05, 4.69) is 15.0 Å². The average molecular weight is 316 g/mol. The van der Waals surface area contributed by atoms with Crippen molar-refractivity contribution in [3.05, 3.63) is 46.6 Å². The van der Waals surface area contributed by atoms with Gasteiger partial charge in [0.25, 0.3) is 11.5 Å². The van der Waals surface area contributed by atoms with E-state index in [1.165, 1.54) is 18.5 Å². The lowest BCUT2D eigenvalue weighted by Gasteiger charge is -2.32. The van der Waals surface area contributed by atoms with E-state index in [0.717, 1.165) is 12.8 Å². The molecular formula is C15H16N4O4. The molecule has 23 heavy (non-hydrogen) atoms. The number of amides is 1. The number of rotatable bonds is 3. The topological polar surface area (TPSA) is 108 Å². The molecule has 1 aliphatic rings. The summed E-state index contributed by atoms with van der Waals surface area (Å²) < 4.78 is 5.76. The Balaban J connectivity index is 1.70. The lowest BCUT2D eigenvalue weighted by molar-refractivity contribution is 0.0527. The SMILES string of the molecule is O=C(c1cc(O)[nH]c(=O)c1)N1CCCC(Oc2ccncn2)C1. The van der Waals surface area contributed by atoms with Crippen LogP contribution in [0.4, 0.5) is 0 Å². The number of aromatic amines is 1. The van der Waals surface area contributed by atoms with Crippen LogP contribution in [-0.4, -0.2) is 50.1 Å². The highest BCUT2D eigenvalue weighted by Gasteiger charge is 2.26. The second-order valence-electron chi connectivity index (χ2n) is 5.30. The third kappa shape index (κ3) is 3.65. The number of hydrogen-bond donors (Lipinski definition) is 2. The Morgan fingerprint density at radius 3 is 3.04 bits per heavy atom. The van der Waals surface area contributed by atoms with Crippen LogP contribution in [0.3, 0.4) is 0 Å². The van der Waals surface area contributed by atoms with Gasteiger partial charge in [-0.25, -0.2) is 9.97 Å². The molecule has 0 saturated carbocycles. The zero-order chi connectivity index (χ0) is 16.2. The normalized spacial score (nSPS) is 17.7. The Bertz CT molecular complexity index is 747. The molecule has 2 aromatic heterocycles. The number of aromatic hydroxyl groups is 1. The van der Waals surface area contributed by atoms with Gasteiger partial charge in [-0.15, -0.1) is 0 Å². The van der Waals surface area contributed by atoms with Crippen LogP contribution in [0.2, 0.25) is 0 Å². The summed E-state index contributed by atoms with van der Waals surface area (Å²) in [6, 6.07) is 4.09. The van der Waals surface area contributed by atoms with Gasteiger partial charge in [0.05, 0.1) is 12.1 Å². The first kappa shape index (κ1) is 15.0. The summed E-state index contributed by atoms with van der Waals surface area (Å²) >= 11 is 0. The van der Waals surface area contributed by atoms with Gasteiger partial charge in [0.1, 0.15) is 12.4 Å². The Labute approximate surface area is 131 Å². The van der Waals surface area contributed by atoms with E-state index in [4.69, 9.17) is 4.74 Å². The quantitative estimate of drug-likeness (QED) is 0.856. The Kier molecular flexibility index (Phi) is 4.22. The number of piperidine rings is 1. The number of aromatic nitrogens is 3. The van der Waals surface area contributed by atoms with Crippen molar-refractivity contribution in [2.75, 3.05) is 13.1 Å². The van der Waals surface area contributed by atoms with Crippen molar-refractivity contribution >= 4 is 5.91 Å². The minimum Gasteiger partial charge on any atom is -0.494 e. The zero-order valence-electron chi connectivity index (χ0n) is 12.3. The average Bonchev–Trinajstić information content (AvgIpc) is 2.54. The zero-order valence-corrected chi connectivity index (χ0v) is 12.3. The van der Waals surface area contributed by atoms with Gasteiger partial charge in [0.2, 0.25) is 5.88 Å². The molecule has 0 spiro atoms. The van der Waals surface area contributed by atoms with E-state index in [1.54, 1.807) is 17.2 Å². The summed E-state index contributed by atoms with van der Waals surface area (Å²) in [6.07, 6.45) is 4.43. The Morgan fingerprint density at radius 1 is 1.43 bits per heavy atom. The molecule has 0 aromatic carbocycles. The maximum atomic E-state index is 12.5. The number of carbonyl (C=O) groups excluding carboxylic acids is 1. The molecular weight excluding hydrogens is 300 g/mol. The van der Waals surface area contributed by atoms with Gasteiger partial charge in [-0.2, -0.15) is 0 Å².